The smallest absolute Gasteiger partial charge is 0.191 e. The monoisotopic (exact) mass is 304 g/mol. The standard InChI is InChI=1S/C14H20N6S/c1-15-14(17-9-13-18-10-19-20(13)2)16-8-11-4-6-12(21-3)7-5-11/h4-7,10H,8-9H2,1-3H3,(H2,15,16,17). The number of nitrogens with one attached hydrogen (secondary N) is 2. The molecule has 6 nitrogen and oxygen atoms in total. The van der Waals surface area contributed by atoms with Gasteiger partial charge < -0.3 is 10.6 Å². The molecule has 0 aliphatic heterocycles. The van der Waals surface area contributed by atoms with Crippen LogP contribution in [0.1, 0.15) is 11.4 Å². The van der Waals surface area contributed by atoms with Crippen LogP contribution in [0, 0.1) is 0 Å². The molecule has 0 amide bonds. The minimum absolute atomic E-state index is 0.585. The Labute approximate surface area is 129 Å². The van der Waals surface area contributed by atoms with Crippen molar-refractivity contribution in [1.82, 2.24) is 25.4 Å². The maximum absolute atomic E-state index is 4.20. The molecular formula is C14H20N6S. The first-order valence-corrected chi connectivity index (χ1v) is 7.85. The average molecular weight is 304 g/mol. The van der Waals surface area contributed by atoms with Gasteiger partial charge in [-0.3, -0.25) is 9.67 Å². The third-order valence-electron chi connectivity index (χ3n) is 3.06. The Hall–Kier alpha value is -2.02. The van der Waals surface area contributed by atoms with Gasteiger partial charge in [0, 0.05) is 25.5 Å². The molecule has 0 saturated carbocycles. The maximum Gasteiger partial charge on any atom is 0.191 e. The minimum Gasteiger partial charge on any atom is -0.352 e. The summed E-state index contributed by atoms with van der Waals surface area (Å²) in [7, 11) is 3.62. The molecule has 2 N–H and O–H groups in total. The summed E-state index contributed by atoms with van der Waals surface area (Å²) >= 11 is 1.74. The van der Waals surface area contributed by atoms with E-state index in [1.807, 2.05) is 7.05 Å². The van der Waals surface area contributed by atoms with Crippen LogP contribution in [-0.2, 0) is 20.1 Å². The molecule has 112 valence electrons. The van der Waals surface area contributed by atoms with E-state index in [4.69, 9.17) is 0 Å². The molecule has 0 atom stereocenters. The van der Waals surface area contributed by atoms with Crippen molar-refractivity contribution in [3.8, 4) is 0 Å². The van der Waals surface area contributed by atoms with Crippen molar-refractivity contribution in [1.29, 1.82) is 0 Å². The van der Waals surface area contributed by atoms with Crippen LogP contribution >= 0.6 is 11.8 Å². The number of nitrogens with zero attached hydrogens (tertiary/aromatic N) is 4. The van der Waals surface area contributed by atoms with Gasteiger partial charge >= 0.3 is 0 Å². The molecule has 7 heteroatoms. The number of thioether (sulfide) groups is 1. The van der Waals surface area contributed by atoms with E-state index >= 15 is 0 Å². The maximum atomic E-state index is 4.20. The second-order valence-corrected chi connectivity index (χ2v) is 5.31. The van der Waals surface area contributed by atoms with Crippen molar-refractivity contribution in [2.24, 2.45) is 12.0 Å². The van der Waals surface area contributed by atoms with Gasteiger partial charge in [0.15, 0.2) is 5.96 Å². The van der Waals surface area contributed by atoms with Crippen LogP contribution in [0.4, 0.5) is 0 Å². The van der Waals surface area contributed by atoms with Crippen molar-refractivity contribution in [2.75, 3.05) is 13.3 Å². The molecule has 0 unspecified atom stereocenters. The van der Waals surface area contributed by atoms with Crippen molar-refractivity contribution in [2.45, 2.75) is 18.0 Å². The molecule has 0 saturated heterocycles. The summed E-state index contributed by atoms with van der Waals surface area (Å²) in [5.41, 5.74) is 1.22. The van der Waals surface area contributed by atoms with E-state index in [-0.39, 0.29) is 0 Å². The van der Waals surface area contributed by atoms with Gasteiger partial charge in [-0.1, -0.05) is 12.1 Å². The quantitative estimate of drug-likeness (QED) is 0.496. The van der Waals surface area contributed by atoms with Crippen LogP contribution in [0.25, 0.3) is 0 Å². The molecule has 2 rings (SSSR count). The van der Waals surface area contributed by atoms with Crippen LogP contribution in [0.5, 0.6) is 0 Å². The summed E-state index contributed by atoms with van der Waals surface area (Å²) < 4.78 is 1.74. The van der Waals surface area contributed by atoms with E-state index in [2.05, 4.69) is 56.2 Å². The lowest BCUT2D eigenvalue weighted by molar-refractivity contribution is 0.672. The second-order valence-electron chi connectivity index (χ2n) is 4.43. The molecule has 2 aromatic rings. The molecule has 0 aliphatic rings. The number of benzene rings is 1. The third kappa shape index (κ3) is 4.49. The predicted octanol–water partition coefficient (Wildman–Crippen LogP) is 1.40. The van der Waals surface area contributed by atoms with Crippen molar-refractivity contribution in [3.63, 3.8) is 0 Å². The summed E-state index contributed by atoms with van der Waals surface area (Å²) in [4.78, 5) is 9.63. The summed E-state index contributed by atoms with van der Waals surface area (Å²) in [6.45, 7) is 1.31. The topological polar surface area (TPSA) is 67.1 Å². The van der Waals surface area contributed by atoms with Gasteiger partial charge in [0.25, 0.3) is 0 Å². The molecule has 1 aromatic heterocycles. The Morgan fingerprint density at radius 3 is 2.52 bits per heavy atom. The van der Waals surface area contributed by atoms with E-state index in [1.54, 1.807) is 29.8 Å². The molecule has 0 radical (unpaired) electrons. The highest BCUT2D eigenvalue weighted by molar-refractivity contribution is 7.98. The van der Waals surface area contributed by atoms with Gasteiger partial charge in [-0.15, -0.1) is 11.8 Å². The molecular weight excluding hydrogens is 284 g/mol. The lowest BCUT2D eigenvalue weighted by Crippen LogP contribution is -2.36. The van der Waals surface area contributed by atoms with Crippen molar-refractivity contribution in [3.05, 3.63) is 42.0 Å². The van der Waals surface area contributed by atoms with E-state index in [9.17, 15) is 0 Å². The molecule has 1 aromatic carbocycles. The fourth-order valence-electron chi connectivity index (χ4n) is 1.79. The number of hydrogen-bond acceptors (Lipinski definition) is 4. The van der Waals surface area contributed by atoms with Gasteiger partial charge in [-0.2, -0.15) is 5.10 Å². The zero-order valence-electron chi connectivity index (χ0n) is 12.5. The SMILES string of the molecule is CN=C(NCc1ccc(SC)cc1)NCc1ncnn1C. The normalized spacial score (nSPS) is 11.5. The Morgan fingerprint density at radius 1 is 1.24 bits per heavy atom. The van der Waals surface area contributed by atoms with Crippen LogP contribution < -0.4 is 10.6 Å². The Balaban J connectivity index is 1.83. The summed E-state index contributed by atoms with van der Waals surface area (Å²) in [6, 6.07) is 8.48. The van der Waals surface area contributed by atoms with Crippen molar-refractivity contribution >= 4 is 17.7 Å². The third-order valence-corrected chi connectivity index (χ3v) is 3.81. The van der Waals surface area contributed by atoms with E-state index in [0.29, 0.717) is 6.54 Å². The number of aliphatic imine (C=N–C) groups is 1. The second kappa shape index (κ2) is 7.68. The summed E-state index contributed by atoms with van der Waals surface area (Å²) in [5.74, 6) is 1.61. The summed E-state index contributed by atoms with van der Waals surface area (Å²) in [6.07, 6.45) is 3.62. The van der Waals surface area contributed by atoms with Crippen LogP contribution in [0.15, 0.2) is 40.5 Å². The molecule has 21 heavy (non-hydrogen) atoms. The Kier molecular flexibility index (Phi) is 5.62. The summed E-state index contributed by atoms with van der Waals surface area (Å²) in [5, 5.41) is 10.5. The fourth-order valence-corrected chi connectivity index (χ4v) is 2.20. The minimum atomic E-state index is 0.585. The number of hydrogen-bond donors (Lipinski definition) is 2. The number of rotatable bonds is 5. The van der Waals surface area contributed by atoms with E-state index in [1.165, 1.54) is 10.5 Å². The zero-order valence-corrected chi connectivity index (χ0v) is 13.3. The largest absolute Gasteiger partial charge is 0.352 e. The fraction of sp³-hybridized carbons (Fsp3) is 0.357. The average Bonchev–Trinajstić information content (AvgIpc) is 2.93. The number of guanidine groups is 1. The Bertz CT molecular complexity index is 590. The highest BCUT2D eigenvalue weighted by Crippen LogP contribution is 2.14. The van der Waals surface area contributed by atoms with Gasteiger partial charge in [0.2, 0.25) is 0 Å². The van der Waals surface area contributed by atoms with Crippen molar-refractivity contribution < 1.29 is 0 Å². The van der Waals surface area contributed by atoms with Crippen LogP contribution in [-0.4, -0.2) is 34.0 Å². The molecule has 0 fully saturated rings. The van der Waals surface area contributed by atoms with Crippen LogP contribution in [0.2, 0.25) is 0 Å². The predicted molar refractivity (Wildman–Crippen MR) is 86.3 cm³/mol. The lowest BCUT2D eigenvalue weighted by Gasteiger charge is -2.11. The van der Waals surface area contributed by atoms with E-state index in [0.717, 1.165) is 18.3 Å². The van der Waals surface area contributed by atoms with Gasteiger partial charge in [-0.25, -0.2) is 4.98 Å². The first-order chi connectivity index (χ1) is 10.2. The zero-order chi connectivity index (χ0) is 15.1. The van der Waals surface area contributed by atoms with E-state index < -0.39 is 0 Å². The molecule has 0 aliphatic carbocycles. The van der Waals surface area contributed by atoms with Gasteiger partial charge in [0.1, 0.15) is 12.2 Å². The molecule has 0 spiro atoms. The first kappa shape index (κ1) is 15.4. The number of aromatic nitrogens is 3. The molecule has 1 heterocycles. The number of aryl methyl sites for hydroxylation is 1. The molecule has 0 bridgehead atoms. The highest BCUT2D eigenvalue weighted by atomic mass is 32.2. The highest BCUT2D eigenvalue weighted by Gasteiger charge is 2.02. The first-order valence-electron chi connectivity index (χ1n) is 6.63. The van der Waals surface area contributed by atoms with Gasteiger partial charge in [0.05, 0.1) is 6.54 Å². The van der Waals surface area contributed by atoms with Gasteiger partial charge in [-0.05, 0) is 24.0 Å². The lowest BCUT2D eigenvalue weighted by atomic mass is 10.2. The van der Waals surface area contributed by atoms with Crippen LogP contribution in [0.3, 0.4) is 0 Å². The Morgan fingerprint density at radius 2 is 1.95 bits per heavy atom.